The molecule has 1 heterocycles. The van der Waals surface area contributed by atoms with Gasteiger partial charge in [-0.2, -0.15) is 0 Å². The molecule has 0 bridgehead atoms. The summed E-state index contributed by atoms with van der Waals surface area (Å²) in [6, 6.07) is 13.1. The number of phenolic OH excluding ortho intramolecular Hbond substituents is 1. The smallest absolute Gasteiger partial charge is 0.251 e. The molecule has 0 atom stereocenters. The number of nitrogens with one attached hydrogen (secondary N) is 1. The van der Waals surface area contributed by atoms with Gasteiger partial charge in [-0.05, 0) is 48.4 Å². The Morgan fingerprint density at radius 1 is 1.08 bits per heavy atom. The van der Waals surface area contributed by atoms with E-state index in [4.69, 9.17) is 0 Å². The molecule has 0 unspecified atom stereocenters. The summed E-state index contributed by atoms with van der Waals surface area (Å²) in [5.74, 6) is 0.110. The number of carbonyl (C=O) groups excluding carboxylic acids is 1. The third-order valence-electron chi connectivity index (χ3n) is 3.91. The summed E-state index contributed by atoms with van der Waals surface area (Å²) < 4.78 is 25.2. The molecule has 0 saturated carbocycles. The largest absolute Gasteiger partial charge is 0.508 e. The molecule has 126 valence electrons. The lowest BCUT2D eigenvalue weighted by atomic mass is 10.1. The van der Waals surface area contributed by atoms with Crippen LogP contribution in [0.4, 0.5) is 5.69 Å². The standard InChI is InChI=1S/C17H18N2O4S/c20-16-8-2-13(3-9-16)12-18-17(21)14-4-6-15(7-5-14)19-10-1-11-24(19,22)23/h2-9,20H,1,10-12H2,(H,18,21). The fourth-order valence-corrected chi connectivity index (χ4v) is 4.17. The quantitative estimate of drug-likeness (QED) is 0.885. The van der Waals surface area contributed by atoms with Gasteiger partial charge in [0, 0.05) is 18.7 Å². The Bertz CT molecular complexity index is 830. The van der Waals surface area contributed by atoms with Gasteiger partial charge in [0.2, 0.25) is 10.0 Å². The molecular weight excluding hydrogens is 328 g/mol. The zero-order chi connectivity index (χ0) is 17.2. The Hall–Kier alpha value is -2.54. The first kappa shape index (κ1) is 16.3. The summed E-state index contributed by atoms with van der Waals surface area (Å²) in [6.45, 7) is 0.829. The second kappa shape index (κ2) is 6.52. The number of phenols is 1. The van der Waals surface area contributed by atoms with E-state index in [1.54, 1.807) is 48.5 Å². The maximum Gasteiger partial charge on any atom is 0.251 e. The molecule has 1 aliphatic heterocycles. The van der Waals surface area contributed by atoms with E-state index < -0.39 is 10.0 Å². The lowest BCUT2D eigenvalue weighted by Crippen LogP contribution is -2.25. The summed E-state index contributed by atoms with van der Waals surface area (Å²) in [4.78, 5) is 12.2. The highest BCUT2D eigenvalue weighted by Crippen LogP contribution is 2.24. The number of rotatable bonds is 4. The van der Waals surface area contributed by atoms with Gasteiger partial charge in [-0.1, -0.05) is 12.1 Å². The molecule has 1 aliphatic rings. The van der Waals surface area contributed by atoms with Crippen LogP contribution in [0.2, 0.25) is 0 Å². The van der Waals surface area contributed by atoms with Crippen LogP contribution in [-0.2, 0) is 16.6 Å². The fraction of sp³-hybridized carbons (Fsp3) is 0.235. The molecule has 2 aromatic carbocycles. The number of aromatic hydroxyl groups is 1. The third-order valence-corrected chi connectivity index (χ3v) is 5.78. The van der Waals surface area contributed by atoms with Gasteiger partial charge in [0.15, 0.2) is 0 Å². The number of benzene rings is 2. The van der Waals surface area contributed by atoms with Gasteiger partial charge in [0.1, 0.15) is 5.75 Å². The normalized spacial score (nSPS) is 16.1. The summed E-state index contributed by atoms with van der Waals surface area (Å²) in [6.07, 6.45) is 0.622. The van der Waals surface area contributed by atoms with Crippen molar-refractivity contribution >= 4 is 21.6 Å². The highest BCUT2D eigenvalue weighted by atomic mass is 32.2. The minimum Gasteiger partial charge on any atom is -0.508 e. The van der Waals surface area contributed by atoms with Crippen LogP contribution in [0.1, 0.15) is 22.3 Å². The first-order chi connectivity index (χ1) is 11.5. The second-order valence-electron chi connectivity index (χ2n) is 5.64. The van der Waals surface area contributed by atoms with Crippen molar-refractivity contribution in [1.29, 1.82) is 0 Å². The molecule has 3 rings (SSSR count). The van der Waals surface area contributed by atoms with Crippen molar-refractivity contribution in [3.05, 3.63) is 59.7 Å². The van der Waals surface area contributed by atoms with Crippen molar-refractivity contribution in [3.63, 3.8) is 0 Å². The minimum atomic E-state index is -3.21. The maximum absolute atomic E-state index is 12.2. The van der Waals surface area contributed by atoms with E-state index in [-0.39, 0.29) is 17.4 Å². The van der Waals surface area contributed by atoms with Crippen LogP contribution in [-0.4, -0.2) is 31.7 Å². The second-order valence-corrected chi connectivity index (χ2v) is 7.65. The summed E-state index contributed by atoms with van der Waals surface area (Å²) >= 11 is 0. The van der Waals surface area contributed by atoms with E-state index in [1.807, 2.05) is 0 Å². The molecule has 7 heteroatoms. The van der Waals surface area contributed by atoms with E-state index in [0.29, 0.717) is 30.8 Å². The van der Waals surface area contributed by atoms with Gasteiger partial charge in [-0.25, -0.2) is 8.42 Å². The molecular formula is C17H18N2O4S. The lowest BCUT2D eigenvalue weighted by Gasteiger charge is -2.17. The molecule has 0 spiro atoms. The first-order valence-electron chi connectivity index (χ1n) is 7.62. The maximum atomic E-state index is 12.2. The minimum absolute atomic E-state index is 0.169. The molecule has 24 heavy (non-hydrogen) atoms. The Morgan fingerprint density at radius 3 is 2.33 bits per heavy atom. The van der Waals surface area contributed by atoms with E-state index in [9.17, 15) is 18.3 Å². The molecule has 0 radical (unpaired) electrons. The van der Waals surface area contributed by atoms with Gasteiger partial charge in [-0.15, -0.1) is 0 Å². The molecule has 2 aromatic rings. The van der Waals surface area contributed by atoms with Crippen molar-refractivity contribution in [1.82, 2.24) is 5.32 Å². The number of carbonyl (C=O) groups is 1. The van der Waals surface area contributed by atoms with Gasteiger partial charge in [0.25, 0.3) is 5.91 Å². The van der Waals surface area contributed by atoms with Crippen molar-refractivity contribution in [3.8, 4) is 5.75 Å². The monoisotopic (exact) mass is 346 g/mol. The zero-order valence-electron chi connectivity index (χ0n) is 13.0. The van der Waals surface area contributed by atoms with E-state index in [1.165, 1.54) is 4.31 Å². The van der Waals surface area contributed by atoms with Crippen LogP contribution in [0.3, 0.4) is 0 Å². The lowest BCUT2D eigenvalue weighted by molar-refractivity contribution is 0.0951. The van der Waals surface area contributed by atoms with Gasteiger partial charge < -0.3 is 10.4 Å². The molecule has 2 N–H and O–H groups in total. The van der Waals surface area contributed by atoms with Crippen molar-refractivity contribution in [2.24, 2.45) is 0 Å². The van der Waals surface area contributed by atoms with Crippen molar-refractivity contribution < 1.29 is 18.3 Å². The predicted molar refractivity (Wildman–Crippen MR) is 91.5 cm³/mol. The molecule has 1 amide bonds. The fourth-order valence-electron chi connectivity index (χ4n) is 2.61. The number of hydrogen-bond donors (Lipinski definition) is 2. The molecule has 1 saturated heterocycles. The zero-order valence-corrected chi connectivity index (χ0v) is 13.8. The van der Waals surface area contributed by atoms with E-state index >= 15 is 0 Å². The number of sulfonamides is 1. The number of nitrogens with zero attached hydrogens (tertiary/aromatic N) is 1. The van der Waals surface area contributed by atoms with Crippen LogP contribution >= 0.6 is 0 Å². The van der Waals surface area contributed by atoms with Crippen molar-refractivity contribution in [2.75, 3.05) is 16.6 Å². The van der Waals surface area contributed by atoms with Gasteiger partial charge in [0.05, 0.1) is 11.4 Å². The van der Waals surface area contributed by atoms with E-state index in [2.05, 4.69) is 5.32 Å². The Kier molecular flexibility index (Phi) is 4.44. The molecule has 6 nitrogen and oxygen atoms in total. The molecule has 1 fully saturated rings. The molecule has 0 aromatic heterocycles. The highest BCUT2D eigenvalue weighted by molar-refractivity contribution is 7.93. The average Bonchev–Trinajstić information content (AvgIpc) is 2.93. The molecule has 0 aliphatic carbocycles. The Labute approximate surface area is 140 Å². The SMILES string of the molecule is O=C(NCc1ccc(O)cc1)c1ccc(N2CCCS2(=O)=O)cc1. The summed E-state index contributed by atoms with van der Waals surface area (Å²) in [5, 5.41) is 12.0. The number of anilines is 1. The summed E-state index contributed by atoms with van der Waals surface area (Å²) in [7, 11) is -3.21. The topological polar surface area (TPSA) is 86.7 Å². The Morgan fingerprint density at radius 2 is 1.75 bits per heavy atom. The van der Waals surface area contributed by atoms with Crippen molar-refractivity contribution in [2.45, 2.75) is 13.0 Å². The predicted octanol–water partition coefficient (Wildman–Crippen LogP) is 1.86. The first-order valence-corrected chi connectivity index (χ1v) is 9.23. The number of amides is 1. The van der Waals surface area contributed by atoms with Crippen LogP contribution < -0.4 is 9.62 Å². The van der Waals surface area contributed by atoms with Crippen LogP contribution in [0, 0.1) is 0 Å². The highest BCUT2D eigenvalue weighted by Gasteiger charge is 2.28. The van der Waals surface area contributed by atoms with Gasteiger partial charge in [-0.3, -0.25) is 9.10 Å². The third kappa shape index (κ3) is 3.51. The van der Waals surface area contributed by atoms with Crippen LogP contribution in [0.25, 0.3) is 0 Å². The van der Waals surface area contributed by atoms with E-state index in [0.717, 1.165) is 5.56 Å². The number of hydrogen-bond acceptors (Lipinski definition) is 4. The Balaban J connectivity index is 1.64. The summed E-state index contributed by atoms with van der Waals surface area (Å²) in [5.41, 5.74) is 1.93. The van der Waals surface area contributed by atoms with Crippen LogP contribution in [0.5, 0.6) is 5.75 Å². The van der Waals surface area contributed by atoms with Crippen LogP contribution in [0.15, 0.2) is 48.5 Å². The van der Waals surface area contributed by atoms with Gasteiger partial charge >= 0.3 is 0 Å². The average molecular weight is 346 g/mol.